The summed E-state index contributed by atoms with van der Waals surface area (Å²) < 4.78 is 0. The molecule has 1 aliphatic rings. The maximum Gasteiger partial charge on any atom is 0.234 e. The number of hydrogen-bond donors (Lipinski definition) is 2. The highest BCUT2D eigenvalue weighted by Gasteiger charge is 2.30. The Hall–Kier alpha value is -1.43. The van der Waals surface area contributed by atoms with Crippen molar-refractivity contribution in [1.29, 1.82) is 0 Å². The molecule has 128 valence electrons. The third-order valence-electron chi connectivity index (χ3n) is 4.53. The molecule has 0 saturated carbocycles. The molecule has 1 saturated heterocycles. The smallest absolute Gasteiger partial charge is 0.234 e. The number of amides is 1. The van der Waals surface area contributed by atoms with Crippen LogP contribution >= 0.6 is 0 Å². The fourth-order valence-corrected chi connectivity index (χ4v) is 3.12. The quantitative estimate of drug-likeness (QED) is 0.753. The molecule has 0 aliphatic carbocycles. The molecule has 1 heterocycles. The second-order valence-electron chi connectivity index (χ2n) is 6.22. The molecule has 0 bridgehead atoms. The van der Waals surface area contributed by atoms with E-state index >= 15 is 0 Å². The minimum Gasteiger partial charge on any atom is -0.392 e. The molecular weight excluding hydrogens is 290 g/mol. The summed E-state index contributed by atoms with van der Waals surface area (Å²) in [5.74, 6) is 0.0646. The Labute approximate surface area is 139 Å². The number of rotatable bonds is 8. The summed E-state index contributed by atoms with van der Waals surface area (Å²) in [5, 5.41) is 13.0. The summed E-state index contributed by atoms with van der Waals surface area (Å²) in [6.45, 7) is 8.42. The van der Waals surface area contributed by atoms with E-state index in [9.17, 15) is 9.90 Å². The first-order valence-corrected chi connectivity index (χ1v) is 8.57. The molecular formula is C18H29N3O2. The zero-order valence-corrected chi connectivity index (χ0v) is 14.2. The van der Waals surface area contributed by atoms with Gasteiger partial charge in [0, 0.05) is 25.7 Å². The van der Waals surface area contributed by atoms with E-state index in [-0.39, 0.29) is 18.1 Å². The Morgan fingerprint density at radius 3 is 2.65 bits per heavy atom. The maximum absolute atomic E-state index is 12.0. The molecule has 5 nitrogen and oxygen atoms in total. The first-order chi connectivity index (χ1) is 11.1. The summed E-state index contributed by atoms with van der Waals surface area (Å²) in [5.41, 5.74) is 1.24. The Balaban J connectivity index is 1.83. The van der Waals surface area contributed by atoms with Gasteiger partial charge in [-0.25, -0.2) is 0 Å². The van der Waals surface area contributed by atoms with Crippen LogP contribution in [0.25, 0.3) is 0 Å². The van der Waals surface area contributed by atoms with E-state index in [0.717, 1.165) is 26.1 Å². The predicted octanol–water partition coefficient (Wildman–Crippen LogP) is 1.08. The maximum atomic E-state index is 12.0. The third kappa shape index (κ3) is 5.61. The molecule has 1 fully saturated rings. The van der Waals surface area contributed by atoms with Gasteiger partial charge in [0.1, 0.15) is 0 Å². The van der Waals surface area contributed by atoms with Crippen LogP contribution in [-0.2, 0) is 11.3 Å². The molecule has 1 aromatic rings. The standard InChI is InChI=1S/C18H29N3O2/c1-3-20(4-2)14-18(23)19-11-16-10-17(22)13-21(16)12-15-8-6-5-7-9-15/h5-9,16-17,22H,3-4,10-14H2,1-2H3,(H,19,23). The van der Waals surface area contributed by atoms with Crippen LogP contribution in [0, 0.1) is 0 Å². The van der Waals surface area contributed by atoms with Crippen molar-refractivity contribution in [2.45, 2.75) is 39.0 Å². The van der Waals surface area contributed by atoms with Crippen molar-refractivity contribution < 1.29 is 9.90 Å². The third-order valence-corrected chi connectivity index (χ3v) is 4.53. The van der Waals surface area contributed by atoms with Gasteiger partial charge in [-0.05, 0) is 25.1 Å². The zero-order chi connectivity index (χ0) is 16.7. The molecule has 2 N–H and O–H groups in total. The van der Waals surface area contributed by atoms with Gasteiger partial charge in [0.05, 0.1) is 12.6 Å². The van der Waals surface area contributed by atoms with E-state index in [1.54, 1.807) is 0 Å². The van der Waals surface area contributed by atoms with E-state index < -0.39 is 0 Å². The van der Waals surface area contributed by atoms with Gasteiger partial charge in [-0.1, -0.05) is 44.2 Å². The van der Waals surface area contributed by atoms with Gasteiger partial charge in [-0.3, -0.25) is 14.6 Å². The van der Waals surface area contributed by atoms with Crippen molar-refractivity contribution >= 4 is 5.91 Å². The summed E-state index contributed by atoms with van der Waals surface area (Å²) in [6, 6.07) is 10.5. The number of β-amino-alcohol motifs (C(OH)–C–C–N with tert-alkyl or cyclic N) is 1. The van der Waals surface area contributed by atoms with E-state index in [1.165, 1.54) is 5.56 Å². The minimum atomic E-state index is -0.302. The number of likely N-dealkylation sites (tertiary alicyclic amines) is 1. The van der Waals surface area contributed by atoms with Crippen LogP contribution < -0.4 is 5.32 Å². The van der Waals surface area contributed by atoms with Crippen LogP contribution in [0.15, 0.2) is 30.3 Å². The molecule has 2 unspecified atom stereocenters. The van der Waals surface area contributed by atoms with E-state index in [0.29, 0.717) is 19.6 Å². The van der Waals surface area contributed by atoms with Gasteiger partial charge in [0.2, 0.25) is 5.91 Å². The number of nitrogens with zero attached hydrogens (tertiary/aromatic N) is 2. The Bertz CT molecular complexity index is 476. The average Bonchev–Trinajstić information content (AvgIpc) is 2.91. The van der Waals surface area contributed by atoms with Crippen LogP contribution in [0.1, 0.15) is 25.8 Å². The topological polar surface area (TPSA) is 55.8 Å². The molecule has 5 heteroatoms. The van der Waals surface area contributed by atoms with Crippen LogP contribution in [0.5, 0.6) is 0 Å². The molecule has 0 radical (unpaired) electrons. The zero-order valence-electron chi connectivity index (χ0n) is 14.2. The predicted molar refractivity (Wildman–Crippen MR) is 92.1 cm³/mol. The molecule has 2 atom stereocenters. The average molecular weight is 319 g/mol. The van der Waals surface area contributed by atoms with E-state index in [1.807, 2.05) is 18.2 Å². The summed E-state index contributed by atoms with van der Waals surface area (Å²) in [7, 11) is 0. The fourth-order valence-electron chi connectivity index (χ4n) is 3.12. The summed E-state index contributed by atoms with van der Waals surface area (Å²) in [6.07, 6.45) is 0.418. The minimum absolute atomic E-state index is 0.0646. The van der Waals surface area contributed by atoms with Crippen LogP contribution in [0.4, 0.5) is 0 Å². The Morgan fingerprint density at radius 1 is 1.30 bits per heavy atom. The Morgan fingerprint density at radius 2 is 2.00 bits per heavy atom. The lowest BCUT2D eigenvalue weighted by Crippen LogP contribution is -2.43. The second-order valence-corrected chi connectivity index (χ2v) is 6.22. The van der Waals surface area contributed by atoms with E-state index in [4.69, 9.17) is 0 Å². The number of aliphatic hydroxyl groups excluding tert-OH is 1. The van der Waals surface area contributed by atoms with E-state index in [2.05, 4.69) is 41.1 Å². The van der Waals surface area contributed by atoms with Crippen molar-refractivity contribution in [3.05, 3.63) is 35.9 Å². The molecule has 1 aliphatic heterocycles. The lowest BCUT2D eigenvalue weighted by Gasteiger charge is -2.25. The number of hydrogen-bond acceptors (Lipinski definition) is 4. The normalized spacial score (nSPS) is 21.7. The molecule has 0 aromatic heterocycles. The van der Waals surface area contributed by atoms with Crippen molar-refractivity contribution in [3.8, 4) is 0 Å². The summed E-state index contributed by atoms with van der Waals surface area (Å²) in [4.78, 5) is 16.4. The lowest BCUT2D eigenvalue weighted by atomic mass is 10.1. The highest BCUT2D eigenvalue weighted by Crippen LogP contribution is 2.20. The first kappa shape index (κ1) is 17.9. The van der Waals surface area contributed by atoms with Crippen molar-refractivity contribution in [1.82, 2.24) is 15.1 Å². The number of carbonyl (C=O) groups is 1. The van der Waals surface area contributed by atoms with Gasteiger partial charge >= 0.3 is 0 Å². The first-order valence-electron chi connectivity index (χ1n) is 8.57. The summed E-state index contributed by atoms with van der Waals surface area (Å²) >= 11 is 0. The number of likely N-dealkylation sites (N-methyl/N-ethyl adjacent to an activating group) is 1. The fraction of sp³-hybridized carbons (Fsp3) is 0.611. The van der Waals surface area contributed by atoms with Crippen LogP contribution in [0.3, 0.4) is 0 Å². The van der Waals surface area contributed by atoms with Crippen LogP contribution in [0.2, 0.25) is 0 Å². The van der Waals surface area contributed by atoms with Crippen molar-refractivity contribution in [2.75, 3.05) is 32.7 Å². The van der Waals surface area contributed by atoms with Crippen LogP contribution in [-0.4, -0.2) is 65.7 Å². The Kier molecular flexibility index (Phi) is 7.02. The lowest BCUT2D eigenvalue weighted by molar-refractivity contribution is -0.122. The number of carbonyl (C=O) groups excluding carboxylic acids is 1. The van der Waals surface area contributed by atoms with Gasteiger partial charge in [0.25, 0.3) is 0 Å². The molecule has 1 amide bonds. The number of aliphatic hydroxyl groups is 1. The molecule has 1 aromatic carbocycles. The highest BCUT2D eigenvalue weighted by atomic mass is 16.3. The van der Waals surface area contributed by atoms with Crippen molar-refractivity contribution in [3.63, 3.8) is 0 Å². The molecule has 0 spiro atoms. The van der Waals surface area contributed by atoms with Crippen molar-refractivity contribution in [2.24, 2.45) is 0 Å². The number of benzene rings is 1. The van der Waals surface area contributed by atoms with Gasteiger partial charge < -0.3 is 10.4 Å². The highest BCUT2D eigenvalue weighted by molar-refractivity contribution is 5.78. The second kappa shape index (κ2) is 9.01. The van der Waals surface area contributed by atoms with Gasteiger partial charge in [0.15, 0.2) is 0 Å². The molecule has 23 heavy (non-hydrogen) atoms. The number of nitrogens with one attached hydrogen (secondary N) is 1. The largest absolute Gasteiger partial charge is 0.392 e. The van der Waals surface area contributed by atoms with Gasteiger partial charge in [-0.15, -0.1) is 0 Å². The SMILES string of the molecule is CCN(CC)CC(=O)NCC1CC(O)CN1Cc1ccccc1. The van der Waals surface area contributed by atoms with Gasteiger partial charge in [-0.2, -0.15) is 0 Å². The molecule has 2 rings (SSSR count). The monoisotopic (exact) mass is 319 g/mol.